The van der Waals surface area contributed by atoms with Gasteiger partial charge in [0.15, 0.2) is 6.29 Å². The smallest absolute Gasteiger partial charge is 0.158 e. The van der Waals surface area contributed by atoms with Gasteiger partial charge in [0, 0.05) is 12.5 Å². The first kappa shape index (κ1) is 14.8. The molecular formula is C16H23ClO2. The maximum Gasteiger partial charge on any atom is 0.158 e. The van der Waals surface area contributed by atoms with Crippen molar-refractivity contribution in [3.63, 3.8) is 0 Å². The van der Waals surface area contributed by atoms with Crippen molar-refractivity contribution < 1.29 is 9.47 Å². The van der Waals surface area contributed by atoms with Crippen LogP contribution in [0.5, 0.6) is 0 Å². The average molecular weight is 283 g/mol. The molecule has 1 aliphatic heterocycles. The molecule has 1 heterocycles. The largest absolute Gasteiger partial charge is 0.353 e. The number of benzene rings is 1. The Morgan fingerprint density at radius 3 is 2.79 bits per heavy atom. The standard InChI is InChI=1S/C16H23ClO2/c1-3-16(2,19-15-10-6-7-11-18-15)14-9-5-4-8-13(14)12-17/h4-5,8-9,15H,3,6-7,10-12H2,1-2H3. The third kappa shape index (κ3) is 3.50. The zero-order valence-corrected chi connectivity index (χ0v) is 12.6. The number of halogens is 1. The van der Waals surface area contributed by atoms with Crippen LogP contribution >= 0.6 is 11.6 Å². The highest BCUT2D eigenvalue weighted by Gasteiger charge is 2.32. The van der Waals surface area contributed by atoms with E-state index in [4.69, 9.17) is 21.1 Å². The van der Waals surface area contributed by atoms with Crippen LogP contribution in [0.3, 0.4) is 0 Å². The molecule has 0 aliphatic carbocycles. The van der Waals surface area contributed by atoms with Crippen LogP contribution in [0, 0.1) is 0 Å². The minimum absolute atomic E-state index is 0.0814. The maximum atomic E-state index is 6.28. The molecule has 3 heteroatoms. The van der Waals surface area contributed by atoms with Crippen LogP contribution in [-0.4, -0.2) is 12.9 Å². The molecule has 2 nitrogen and oxygen atoms in total. The molecule has 0 radical (unpaired) electrons. The zero-order valence-electron chi connectivity index (χ0n) is 11.8. The van der Waals surface area contributed by atoms with E-state index in [-0.39, 0.29) is 11.9 Å². The minimum Gasteiger partial charge on any atom is -0.353 e. The molecule has 1 saturated heterocycles. The molecule has 106 valence electrons. The third-order valence-electron chi connectivity index (χ3n) is 3.94. The van der Waals surface area contributed by atoms with Crippen LogP contribution < -0.4 is 0 Å². The van der Waals surface area contributed by atoms with Crippen LogP contribution in [0.25, 0.3) is 0 Å². The second kappa shape index (κ2) is 6.74. The molecule has 0 amide bonds. The van der Waals surface area contributed by atoms with Crippen molar-refractivity contribution in [3.8, 4) is 0 Å². The second-order valence-electron chi connectivity index (χ2n) is 5.29. The predicted molar refractivity (Wildman–Crippen MR) is 78.3 cm³/mol. The van der Waals surface area contributed by atoms with Crippen LogP contribution in [0.15, 0.2) is 24.3 Å². The third-order valence-corrected chi connectivity index (χ3v) is 4.22. The Labute approximate surface area is 121 Å². The summed E-state index contributed by atoms with van der Waals surface area (Å²) in [6.45, 7) is 5.09. The molecule has 1 aliphatic rings. The lowest BCUT2D eigenvalue weighted by atomic mass is 9.89. The molecule has 1 aromatic carbocycles. The number of hydrogen-bond acceptors (Lipinski definition) is 2. The van der Waals surface area contributed by atoms with Crippen molar-refractivity contribution in [1.82, 2.24) is 0 Å². The first-order chi connectivity index (χ1) is 9.19. The molecule has 0 N–H and O–H groups in total. The summed E-state index contributed by atoms with van der Waals surface area (Å²) < 4.78 is 12.0. The average Bonchev–Trinajstić information content (AvgIpc) is 2.48. The molecular weight excluding hydrogens is 260 g/mol. The topological polar surface area (TPSA) is 18.5 Å². The SMILES string of the molecule is CCC(C)(OC1CCCCO1)c1ccccc1CCl. The highest BCUT2D eigenvalue weighted by molar-refractivity contribution is 6.17. The van der Waals surface area contributed by atoms with Gasteiger partial charge in [-0.2, -0.15) is 0 Å². The van der Waals surface area contributed by atoms with E-state index in [0.717, 1.165) is 31.4 Å². The summed E-state index contributed by atoms with van der Waals surface area (Å²) in [7, 11) is 0. The van der Waals surface area contributed by atoms with Gasteiger partial charge in [-0.3, -0.25) is 0 Å². The van der Waals surface area contributed by atoms with Crippen LogP contribution in [0.1, 0.15) is 50.7 Å². The summed E-state index contributed by atoms with van der Waals surface area (Å²) in [5.74, 6) is 0.515. The Kier molecular flexibility index (Phi) is 5.26. The van der Waals surface area contributed by atoms with Gasteiger partial charge in [-0.05, 0) is 43.7 Å². The fraction of sp³-hybridized carbons (Fsp3) is 0.625. The highest BCUT2D eigenvalue weighted by atomic mass is 35.5. The maximum absolute atomic E-state index is 6.28. The predicted octanol–water partition coefficient (Wildman–Crippen LogP) is 4.59. The summed E-state index contributed by atoms with van der Waals surface area (Å²) in [6, 6.07) is 8.25. The van der Waals surface area contributed by atoms with E-state index < -0.39 is 0 Å². The van der Waals surface area contributed by atoms with E-state index in [1.54, 1.807) is 0 Å². The molecule has 2 atom stereocenters. The van der Waals surface area contributed by atoms with Gasteiger partial charge in [0.1, 0.15) is 0 Å². The van der Waals surface area contributed by atoms with Gasteiger partial charge in [-0.15, -0.1) is 11.6 Å². The van der Waals surface area contributed by atoms with Gasteiger partial charge in [0.2, 0.25) is 0 Å². The minimum atomic E-state index is -0.326. The lowest BCUT2D eigenvalue weighted by Crippen LogP contribution is -2.34. The zero-order chi connectivity index (χ0) is 13.7. The quantitative estimate of drug-likeness (QED) is 0.735. The Morgan fingerprint density at radius 1 is 1.37 bits per heavy atom. The van der Waals surface area contributed by atoms with E-state index in [1.807, 2.05) is 12.1 Å². The van der Waals surface area contributed by atoms with Crippen molar-refractivity contribution in [2.45, 2.75) is 57.3 Å². The molecule has 1 fully saturated rings. The summed E-state index contributed by atoms with van der Waals surface area (Å²) in [5, 5.41) is 0. The number of rotatable bonds is 5. The Morgan fingerprint density at radius 2 is 2.16 bits per heavy atom. The fourth-order valence-electron chi connectivity index (χ4n) is 2.58. The molecule has 0 bridgehead atoms. The number of hydrogen-bond donors (Lipinski definition) is 0. The second-order valence-corrected chi connectivity index (χ2v) is 5.56. The highest BCUT2D eigenvalue weighted by Crippen LogP contribution is 2.35. The normalized spacial score (nSPS) is 23.0. The van der Waals surface area contributed by atoms with E-state index in [2.05, 4.69) is 26.0 Å². The molecule has 2 rings (SSSR count). The van der Waals surface area contributed by atoms with Gasteiger partial charge in [0.05, 0.1) is 5.60 Å². The van der Waals surface area contributed by atoms with Crippen molar-refractivity contribution >= 4 is 11.6 Å². The first-order valence-electron chi connectivity index (χ1n) is 7.13. The molecule has 19 heavy (non-hydrogen) atoms. The number of ether oxygens (including phenoxy) is 2. The van der Waals surface area contributed by atoms with Gasteiger partial charge in [-0.1, -0.05) is 31.2 Å². The Hall–Kier alpha value is -0.570. The molecule has 0 saturated carbocycles. The lowest BCUT2D eigenvalue weighted by molar-refractivity contribution is -0.225. The van der Waals surface area contributed by atoms with Gasteiger partial charge >= 0.3 is 0 Å². The van der Waals surface area contributed by atoms with Gasteiger partial charge in [-0.25, -0.2) is 0 Å². The van der Waals surface area contributed by atoms with Crippen LogP contribution in [0.2, 0.25) is 0 Å². The summed E-state index contributed by atoms with van der Waals surface area (Å²) >= 11 is 6.05. The first-order valence-corrected chi connectivity index (χ1v) is 7.67. The summed E-state index contributed by atoms with van der Waals surface area (Å²) in [4.78, 5) is 0. The lowest BCUT2D eigenvalue weighted by Gasteiger charge is -2.36. The molecule has 0 spiro atoms. The van der Waals surface area contributed by atoms with E-state index in [0.29, 0.717) is 5.88 Å². The monoisotopic (exact) mass is 282 g/mol. The molecule has 0 aromatic heterocycles. The fourth-order valence-corrected chi connectivity index (χ4v) is 2.82. The Bertz CT molecular complexity index is 401. The van der Waals surface area contributed by atoms with E-state index >= 15 is 0 Å². The van der Waals surface area contributed by atoms with Crippen molar-refractivity contribution in [3.05, 3.63) is 35.4 Å². The van der Waals surface area contributed by atoms with E-state index in [1.165, 1.54) is 12.0 Å². The Balaban J connectivity index is 2.20. The molecule has 1 aromatic rings. The van der Waals surface area contributed by atoms with Gasteiger partial charge in [0.25, 0.3) is 0 Å². The van der Waals surface area contributed by atoms with Crippen molar-refractivity contribution in [1.29, 1.82) is 0 Å². The number of alkyl halides is 1. The summed E-state index contributed by atoms with van der Waals surface area (Å²) in [6.07, 6.45) is 4.13. The van der Waals surface area contributed by atoms with Gasteiger partial charge < -0.3 is 9.47 Å². The van der Waals surface area contributed by atoms with Crippen LogP contribution in [0.4, 0.5) is 0 Å². The summed E-state index contributed by atoms with van der Waals surface area (Å²) in [5.41, 5.74) is 2.00. The molecule has 2 unspecified atom stereocenters. The van der Waals surface area contributed by atoms with Crippen LogP contribution in [-0.2, 0) is 21.0 Å². The van der Waals surface area contributed by atoms with Crippen molar-refractivity contribution in [2.24, 2.45) is 0 Å². The van der Waals surface area contributed by atoms with E-state index in [9.17, 15) is 0 Å². The van der Waals surface area contributed by atoms with Crippen molar-refractivity contribution in [2.75, 3.05) is 6.61 Å².